The van der Waals surface area contributed by atoms with Crippen molar-refractivity contribution in [2.45, 2.75) is 33.4 Å². The van der Waals surface area contributed by atoms with Crippen LogP contribution in [0.3, 0.4) is 0 Å². The highest BCUT2D eigenvalue weighted by atomic mass is 16.2. The van der Waals surface area contributed by atoms with Crippen LogP contribution >= 0.6 is 0 Å². The predicted octanol–water partition coefficient (Wildman–Crippen LogP) is 2.50. The summed E-state index contributed by atoms with van der Waals surface area (Å²) >= 11 is 0. The van der Waals surface area contributed by atoms with Crippen molar-refractivity contribution in [3.05, 3.63) is 105 Å². The molecule has 0 aliphatic rings. The molecule has 0 saturated carbocycles. The molecule has 0 bridgehead atoms. The van der Waals surface area contributed by atoms with E-state index in [9.17, 15) is 14.4 Å². The Balaban J connectivity index is 1.70. The SMILES string of the molecule is CC(C)CCN(C(=O)c1cn(Cc2ccccc2)nn1)c1c(N)n(Cc2ccccc2)c(=O)[nH]c1=O. The van der Waals surface area contributed by atoms with Crippen LogP contribution in [0.4, 0.5) is 11.5 Å². The predicted molar refractivity (Wildman–Crippen MR) is 138 cm³/mol. The molecule has 4 aromatic rings. The molecule has 0 spiro atoms. The summed E-state index contributed by atoms with van der Waals surface area (Å²) in [5.41, 5.74) is 6.84. The van der Waals surface area contributed by atoms with Gasteiger partial charge in [0.15, 0.2) is 11.4 Å². The first-order chi connectivity index (χ1) is 17.3. The minimum atomic E-state index is -0.726. The fourth-order valence-electron chi connectivity index (χ4n) is 3.85. The van der Waals surface area contributed by atoms with Gasteiger partial charge in [0, 0.05) is 6.54 Å². The third-order valence-corrected chi connectivity index (χ3v) is 5.79. The Morgan fingerprint density at radius 2 is 1.61 bits per heavy atom. The second kappa shape index (κ2) is 10.9. The quantitative estimate of drug-likeness (QED) is 0.373. The van der Waals surface area contributed by atoms with Crippen LogP contribution in [-0.4, -0.2) is 37.0 Å². The third-order valence-electron chi connectivity index (χ3n) is 5.79. The van der Waals surface area contributed by atoms with E-state index in [1.54, 1.807) is 10.9 Å². The number of aromatic amines is 1. The molecule has 1 amide bonds. The summed E-state index contributed by atoms with van der Waals surface area (Å²) in [7, 11) is 0. The van der Waals surface area contributed by atoms with E-state index < -0.39 is 17.2 Å². The number of anilines is 2. The van der Waals surface area contributed by atoms with Crippen molar-refractivity contribution >= 4 is 17.4 Å². The number of H-pyrrole nitrogens is 1. The van der Waals surface area contributed by atoms with E-state index in [1.165, 1.54) is 9.47 Å². The number of nitrogens with one attached hydrogen (secondary N) is 1. The number of nitrogens with zero attached hydrogens (tertiary/aromatic N) is 5. The molecule has 2 aromatic heterocycles. The zero-order chi connectivity index (χ0) is 25.7. The largest absolute Gasteiger partial charge is 0.383 e. The minimum absolute atomic E-state index is 0.0752. The van der Waals surface area contributed by atoms with E-state index in [0.29, 0.717) is 13.0 Å². The van der Waals surface area contributed by atoms with E-state index in [1.807, 2.05) is 74.5 Å². The van der Waals surface area contributed by atoms with Crippen LogP contribution in [0.25, 0.3) is 0 Å². The first-order valence-corrected chi connectivity index (χ1v) is 11.8. The minimum Gasteiger partial charge on any atom is -0.383 e. The second-order valence-corrected chi connectivity index (χ2v) is 8.99. The number of carbonyl (C=O) groups excluding carboxylic acids is 1. The Bertz CT molecular complexity index is 1440. The van der Waals surface area contributed by atoms with Crippen molar-refractivity contribution in [1.82, 2.24) is 24.5 Å². The monoisotopic (exact) mass is 487 g/mol. The third kappa shape index (κ3) is 5.60. The van der Waals surface area contributed by atoms with Gasteiger partial charge in [0.2, 0.25) is 0 Å². The molecule has 4 rings (SSSR count). The van der Waals surface area contributed by atoms with Gasteiger partial charge in [-0.15, -0.1) is 5.10 Å². The van der Waals surface area contributed by atoms with Gasteiger partial charge in [-0.1, -0.05) is 79.7 Å². The Hall–Kier alpha value is -4.47. The van der Waals surface area contributed by atoms with E-state index in [4.69, 9.17) is 5.73 Å². The number of hydrogen-bond donors (Lipinski definition) is 2. The van der Waals surface area contributed by atoms with E-state index in [-0.39, 0.29) is 36.2 Å². The van der Waals surface area contributed by atoms with Crippen molar-refractivity contribution in [2.75, 3.05) is 17.2 Å². The highest BCUT2D eigenvalue weighted by Gasteiger charge is 2.27. The summed E-state index contributed by atoms with van der Waals surface area (Å²) in [5.74, 6) is -0.344. The molecule has 2 heterocycles. The van der Waals surface area contributed by atoms with Crippen LogP contribution in [0, 0.1) is 5.92 Å². The van der Waals surface area contributed by atoms with Crippen LogP contribution in [0.1, 0.15) is 41.9 Å². The average molecular weight is 488 g/mol. The van der Waals surface area contributed by atoms with Crippen molar-refractivity contribution in [3.8, 4) is 0 Å². The normalized spacial score (nSPS) is 11.1. The molecule has 2 aromatic carbocycles. The summed E-state index contributed by atoms with van der Waals surface area (Å²) in [6, 6.07) is 18.9. The van der Waals surface area contributed by atoms with Gasteiger partial charge < -0.3 is 5.73 Å². The maximum atomic E-state index is 13.6. The molecule has 10 heteroatoms. The maximum Gasteiger partial charge on any atom is 0.330 e. The Kier molecular flexibility index (Phi) is 7.43. The number of carbonyl (C=O) groups is 1. The van der Waals surface area contributed by atoms with Crippen LogP contribution in [-0.2, 0) is 13.1 Å². The van der Waals surface area contributed by atoms with Gasteiger partial charge in [-0.25, -0.2) is 9.48 Å². The lowest BCUT2D eigenvalue weighted by Crippen LogP contribution is -2.42. The number of nitrogen functional groups attached to an aromatic ring is 1. The number of aromatic nitrogens is 5. The molecule has 0 atom stereocenters. The van der Waals surface area contributed by atoms with Crippen LogP contribution in [0.15, 0.2) is 76.4 Å². The molecular weight excluding hydrogens is 458 g/mol. The van der Waals surface area contributed by atoms with Gasteiger partial charge >= 0.3 is 5.69 Å². The summed E-state index contributed by atoms with van der Waals surface area (Å²) in [5, 5.41) is 8.14. The van der Waals surface area contributed by atoms with Crippen molar-refractivity contribution in [1.29, 1.82) is 0 Å². The van der Waals surface area contributed by atoms with Crippen molar-refractivity contribution in [3.63, 3.8) is 0 Å². The zero-order valence-electron chi connectivity index (χ0n) is 20.3. The highest BCUT2D eigenvalue weighted by molar-refractivity contribution is 6.05. The molecule has 0 aliphatic carbocycles. The van der Waals surface area contributed by atoms with Gasteiger partial charge in [0.25, 0.3) is 11.5 Å². The van der Waals surface area contributed by atoms with Crippen LogP contribution in [0.2, 0.25) is 0 Å². The van der Waals surface area contributed by atoms with Gasteiger partial charge in [-0.2, -0.15) is 0 Å². The van der Waals surface area contributed by atoms with E-state index in [0.717, 1.165) is 11.1 Å². The fraction of sp³-hybridized carbons (Fsp3) is 0.269. The summed E-state index contributed by atoms with van der Waals surface area (Å²) in [6.45, 7) is 4.84. The van der Waals surface area contributed by atoms with Gasteiger partial charge in [0.1, 0.15) is 5.82 Å². The first kappa shape index (κ1) is 24.6. The summed E-state index contributed by atoms with van der Waals surface area (Å²) in [4.78, 5) is 42.8. The Morgan fingerprint density at radius 3 is 2.22 bits per heavy atom. The van der Waals surface area contributed by atoms with Crippen LogP contribution in [0.5, 0.6) is 0 Å². The number of nitrogens with two attached hydrogens (primary N) is 1. The first-order valence-electron chi connectivity index (χ1n) is 11.8. The van der Waals surface area contributed by atoms with E-state index in [2.05, 4.69) is 15.3 Å². The number of amides is 1. The lowest BCUT2D eigenvalue weighted by molar-refractivity contribution is 0.0980. The Labute approximate surface area is 208 Å². The lowest BCUT2D eigenvalue weighted by Gasteiger charge is -2.24. The van der Waals surface area contributed by atoms with Crippen molar-refractivity contribution in [2.24, 2.45) is 5.92 Å². The molecule has 0 aliphatic heterocycles. The topological polar surface area (TPSA) is 132 Å². The zero-order valence-corrected chi connectivity index (χ0v) is 20.3. The number of hydrogen-bond acceptors (Lipinski definition) is 6. The summed E-state index contributed by atoms with van der Waals surface area (Å²) in [6.07, 6.45) is 2.16. The smallest absolute Gasteiger partial charge is 0.330 e. The number of rotatable bonds is 9. The molecule has 10 nitrogen and oxygen atoms in total. The van der Waals surface area contributed by atoms with E-state index >= 15 is 0 Å². The highest BCUT2D eigenvalue weighted by Crippen LogP contribution is 2.21. The maximum absolute atomic E-state index is 13.6. The molecule has 0 fully saturated rings. The Morgan fingerprint density at radius 1 is 1.00 bits per heavy atom. The standard InChI is InChI=1S/C26H29N7O3/c1-18(2)13-14-32(25(35)21-17-31(30-29-21)15-19-9-5-3-6-10-19)22-23(27)33(26(36)28-24(22)34)16-20-11-7-4-8-12-20/h3-12,17-18H,13-16,27H2,1-2H3,(H,28,34,36). The lowest BCUT2D eigenvalue weighted by atomic mass is 10.1. The number of benzene rings is 2. The molecule has 0 radical (unpaired) electrons. The fourth-order valence-corrected chi connectivity index (χ4v) is 3.85. The van der Waals surface area contributed by atoms with Gasteiger partial charge in [-0.3, -0.25) is 24.0 Å². The second-order valence-electron chi connectivity index (χ2n) is 8.99. The van der Waals surface area contributed by atoms with Crippen molar-refractivity contribution < 1.29 is 4.79 Å². The van der Waals surface area contributed by atoms with Gasteiger partial charge in [-0.05, 0) is 23.5 Å². The molecule has 0 unspecified atom stereocenters. The molecule has 186 valence electrons. The molecule has 36 heavy (non-hydrogen) atoms. The van der Waals surface area contributed by atoms with Gasteiger partial charge in [0.05, 0.1) is 19.3 Å². The van der Waals surface area contributed by atoms with Crippen LogP contribution < -0.4 is 21.9 Å². The molecular formula is C26H29N7O3. The summed E-state index contributed by atoms with van der Waals surface area (Å²) < 4.78 is 2.82. The molecule has 3 N–H and O–H groups in total. The average Bonchev–Trinajstić information content (AvgIpc) is 3.33. The molecule has 0 saturated heterocycles.